The zero-order valence-corrected chi connectivity index (χ0v) is 18.8. The van der Waals surface area contributed by atoms with E-state index in [0.717, 1.165) is 22.5 Å². The van der Waals surface area contributed by atoms with E-state index in [0.29, 0.717) is 17.1 Å². The molecule has 0 radical (unpaired) electrons. The quantitative estimate of drug-likeness (QED) is 0.471. The molecule has 1 aromatic carbocycles. The first-order chi connectivity index (χ1) is 15.9. The van der Waals surface area contributed by atoms with Gasteiger partial charge in [-0.1, -0.05) is 24.3 Å². The number of ether oxygens (including phenoxy) is 1. The van der Waals surface area contributed by atoms with Crippen LogP contribution >= 0.6 is 0 Å². The fraction of sp³-hybridized carbons (Fsp3) is 0.200. The van der Waals surface area contributed by atoms with Crippen LogP contribution in [0.4, 0.5) is 5.82 Å². The highest BCUT2D eigenvalue weighted by atomic mass is 16.5. The van der Waals surface area contributed by atoms with Crippen molar-refractivity contribution in [3.8, 4) is 5.75 Å². The van der Waals surface area contributed by atoms with Crippen molar-refractivity contribution in [3.05, 3.63) is 89.5 Å². The van der Waals surface area contributed by atoms with E-state index < -0.39 is 0 Å². The Kier molecular flexibility index (Phi) is 6.35. The number of benzene rings is 1. The van der Waals surface area contributed by atoms with E-state index in [4.69, 9.17) is 4.74 Å². The zero-order chi connectivity index (χ0) is 23.4. The highest BCUT2D eigenvalue weighted by Gasteiger charge is 2.19. The number of likely N-dealkylation sites (N-methyl/N-ethyl adjacent to an activating group) is 1. The minimum Gasteiger partial charge on any atom is -0.486 e. The molecule has 168 valence electrons. The summed E-state index contributed by atoms with van der Waals surface area (Å²) in [6.07, 6.45) is 5.57. The third-order valence-electron chi connectivity index (χ3n) is 5.05. The number of rotatable bonds is 7. The molecule has 0 saturated carbocycles. The molecule has 1 N–H and O–H groups in total. The lowest BCUT2D eigenvalue weighted by Crippen LogP contribution is -2.35. The SMILES string of the molecule is Cc1ccc(NC(=O)CN(C)C(=O)c2ccccc2OCc2cn3cc(C)ccc3n2)nc1. The highest BCUT2D eigenvalue weighted by molar-refractivity contribution is 6.00. The van der Waals surface area contributed by atoms with Gasteiger partial charge in [0, 0.05) is 25.6 Å². The number of imidazole rings is 1. The van der Waals surface area contributed by atoms with Gasteiger partial charge in [0.25, 0.3) is 5.91 Å². The fourth-order valence-electron chi connectivity index (χ4n) is 3.36. The molecule has 2 amide bonds. The molecule has 4 rings (SSSR count). The van der Waals surface area contributed by atoms with Crippen molar-refractivity contribution >= 4 is 23.3 Å². The summed E-state index contributed by atoms with van der Waals surface area (Å²) in [7, 11) is 1.58. The molecule has 33 heavy (non-hydrogen) atoms. The maximum Gasteiger partial charge on any atom is 0.257 e. The Morgan fingerprint density at radius 1 is 1.03 bits per heavy atom. The van der Waals surface area contributed by atoms with Crippen LogP contribution in [-0.2, 0) is 11.4 Å². The van der Waals surface area contributed by atoms with Gasteiger partial charge in [0.05, 0.1) is 17.8 Å². The number of aryl methyl sites for hydroxylation is 2. The number of anilines is 1. The van der Waals surface area contributed by atoms with Crippen LogP contribution in [-0.4, -0.2) is 44.7 Å². The van der Waals surface area contributed by atoms with Gasteiger partial charge in [0.1, 0.15) is 23.8 Å². The Bertz CT molecular complexity index is 1300. The number of pyridine rings is 2. The average molecular weight is 444 g/mol. The lowest BCUT2D eigenvalue weighted by Gasteiger charge is -2.18. The van der Waals surface area contributed by atoms with Gasteiger partial charge in [0.15, 0.2) is 0 Å². The number of hydrogen-bond acceptors (Lipinski definition) is 5. The predicted octanol–water partition coefficient (Wildman–Crippen LogP) is 3.64. The number of fused-ring (bicyclic) bond motifs is 1. The minimum atomic E-state index is -0.333. The molecule has 0 saturated heterocycles. The van der Waals surface area contributed by atoms with Crippen LogP contribution < -0.4 is 10.1 Å². The Hall–Kier alpha value is -4.20. The molecule has 8 nitrogen and oxygen atoms in total. The van der Waals surface area contributed by atoms with Gasteiger partial charge in [-0.3, -0.25) is 9.59 Å². The summed E-state index contributed by atoms with van der Waals surface area (Å²) in [6, 6.07) is 14.5. The third kappa shape index (κ3) is 5.35. The first-order valence-electron chi connectivity index (χ1n) is 10.5. The summed E-state index contributed by atoms with van der Waals surface area (Å²) in [5.41, 5.74) is 4.09. The first kappa shape index (κ1) is 22.0. The fourth-order valence-corrected chi connectivity index (χ4v) is 3.36. The van der Waals surface area contributed by atoms with E-state index >= 15 is 0 Å². The van der Waals surface area contributed by atoms with Gasteiger partial charge in [-0.05, 0) is 49.2 Å². The van der Waals surface area contributed by atoms with E-state index in [9.17, 15) is 9.59 Å². The Morgan fingerprint density at radius 2 is 1.82 bits per heavy atom. The number of aromatic nitrogens is 3. The molecule has 3 aromatic heterocycles. The Balaban J connectivity index is 1.41. The summed E-state index contributed by atoms with van der Waals surface area (Å²) in [6.45, 7) is 4.04. The first-order valence-corrected chi connectivity index (χ1v) is 10.5. The van der Waals surface area contributed by atoms with Crippen LogP contribution in [0, 0.1) is 13.8 Å². The molecule has 8 heteroatoms. The summed E-state index contributed by atoms with van der Waals surface area (Å²) >= 11 is 0. The van der Waals surface area contributed by atoms with Crippen LogP contribution in [0.25, 0.3) is 5.65 Å². The number of nitrogens with one attached hydrogen (secondary N) is 1. The van der Waals surface area contributed by atoms with E-state index in [-0.39, 0.29) is 25.0 Å². The van der Waals surface area contributed by atoms with Gasteiger partial charge in [-0.25, -0.2) is 9.97 Å². The maximum absolute atomic E-state index is 13.0. The molecular formula is C25H25N5O3. The van der Waals surface area contributed by atoms with Crippen LogP contribution in [0.2, 0.25) is 0 Å². The van der Waals surface area contributed by atoms with Crippen molar-refractivity contribution in [3.63, 3.8) is 0 Å². The number of hydrogen-bond donors (Lipinski definition) is 1. The lowest BCUT2D eigenvalue weighted by atomic mass is 10.1. The van der Waals surface area contributed by atoms with E-state index in [1.165, 1.54) is 4.90 Å². The topological polar surface area (TPSA) is 88.8 Å². The number of nitrogens with zero attached hydrogens (tertiary/aromatic N) is 4. The molecule has 0 aliphatic carbocycles. The largest absolute Gasteiger partial charge is 0.486 e. The summed E-state index contributed by atoms with van der Waals surface area (Å²) in [4.78, 5) is 35.4. The molecule has 0 aliphatic rings. The number of amides is 2. The van der Waals surface area contributed by atoms with Gasteiger partial charge < -0.3 is 19.4 Å². The molecule has 0 atom stereocenters. The second-order valence-electron chi connectivity index (χ2n) is 7.92. The normalized spacial score (nSPS) is 10.8. The van der Waals surface area contributed by atoms with Crippen LogP contribution in [0.1, 0.15) is 27.2 Å². The van der Waals surface area contributed by atoms with Crippen molar-refractivity contribution in [2.24, 2.45) is 0 Å². The van der Waals surface area contributed by atoms with Gasteiger partial charge in [-0.15, -0.1) is 0 Å². The Morgan fingerprint density at radius 3 is 2.61 bits per heavy atom. The molecule has 0 fully saturated rings. The molecular weight excluding hydrogens is 418 g/mol. The van der Waals surface area contributed by atoms with Crippen molar-refractivity contribution < 1.29 is 14.3 Å². The number of carbonyl (C=O) groups excluding carboxylic acids is 2. The maximum atomic E-state index is 13.0. The summed E-state index contributed by atoms with van der Waals surface area (Å²) in [5.74, 6) is 0.227. The number of para-hydroxylation sites is 1. The van der Waals surface area contributed by atoms with Crippen molar-refractivity contribution in [1.29, 1.82) is 0 Å². The molecule has 0 aliphatic heterocycles. The van der Waals surface area contributed by atoms with Crippen molar-refractivity contribution in [2.75, 3.05) is 18.9 Å². The van der Waals surface area contributed by atoms with Crippen LogP contribution in [0.5, 0.6) is 5.75 Å². The summed E-state index contributed by atoms with van der Waals surface area (Å²) < 4.78 is 7.88. The van der Waals surface area contributed by atoms with Crippen molar-refractivity contribution in [2.45, 2.75) is 20.5 Å². The van der Waals surface area contributed by atoms with Crippen LogP contribution in [0.15, 0.2) is 67.1 Å². The number of carbonyl (C=O) groups is 2. The average Bonchev–Trinajstić information content (AvgIpc) is 3.21. The van der Waals surface area contributed by atoms with Gasteiger partial charge in [-0.2, -0.15) is 0 Å². The predicted molar refractivity (Wildman–Crippen MR) is 125 cm³/mol. The summed E-state index contributed by atoms with van der Waals surface area (Å²) in [5, 5.41) is 2.70. The van der Waals surface area contributed by atoms with Crippen LogP contribution in [0.3, 0.4) is 0 Å². The molecule has 0 bridgehead atoms. The Labute approximate surface area is 191 Å². The molecule has 0 spiro atoms. The smallest absolute Gasteiger partial charge is 0.257 e. The van der Waals surface area contributed by atoms with Gasteiger partial charge in [0.2, 0.25) is 5.91 Å². The lowest BCUT2D eigenvalue weighted by molar-refractivity contribution is -0.116. The second kappa shape index (κ2) is 9.52. The molecule has 4 aromatic rings. The van der Waals surface area contributed by atoms with E-state index in [1.807, 2.05) is 48.8 Å². The molecule has 3 heterocycles. The monoisotopic (exact) mass is 443 g/mol. The second-order valence-corrected chi connectivity index (χ2v) is 7.92. The highest BCUT2D eigenvalue weighted by Crippen LogP contribution is 2.21. The van der Waals surface area contributed by atoms with E-state index in [2.05, 4.69) is 15.3 Å². The van der Waals surface area contributed by atoms with Crippen molar-refractivity contribution in [1.82, 2.24) is 19.3 Å². The molecule has 0 unspecified atom stereocenters. The minimum absolute atomic E-state index is 0.117. The van der Waals surface area contributed by atoms with Gasteiger partial charge >= 0.3 is 0 Å². The zero-order valence-electron chi connectivity index (χ0n) is 18.8. The third-order valence-corrected chi connectivity index (χ3v) is 5.05. The standard InChI is InChI=1S/C25H25N5O3/c1-17-8-10-22(26-12-17)28-24(31)15-29(3)25(32)20-6-4-5-7-21(20)33-16-19-14-30-13-18(2)9-11-23(30)27-19/h4-14H,15-16H2,1-3H3,(H,26,28,31). The van der Waals surface area contributed by atoms with E-state index in [1.54, 1.807) is 43.6 Å².